The van der Waals surface area contributed by atoms with Crippen LogP contribution in [-0.2, 0) is 0 Å². The van der Waals surface area contributed by atoms with E-state index in [2.05, 4.69) is 15.1 Å². The Morgan fingerprint density at radius 3 is 3.00 bits per heavy atom. The van der Waals surface area contributed by atoms with Crippen molar-refractivity contribution in [2.75, 3.05) is 5.73 Å². The molecule has 0 radical (unpaired) electrons. The Labute approximate surface area is 114 Å². The van der Waals surface area contributed by atoms with E-state index in [0.717, 1.165) is 0 Å². The first kappa shape index (κ1) is 12.3. The second-order valence-corrected chi connectivity index (χ2v) is 4.21. The third-order valence-electron chi connectivity index (χ3n) is 2.76. The first-order valence-corrected chi connectivity index (χ1v) is 6.00. The fourth-order valence-corrected chi connectivity index (χ4v) is 1.93. The van der Waals surface area contributed by atoms with Gasteiger partial charge < -0.3 is 10.5 Å². The van der Waals surface area contributed by atoms with Gasteiger partial charge in [-0.1, -0.05) is 6.07 Å². The second-order valence-electron chi connectivity index (χ2n) is 4.21. The van der Waals surface area contributed by atoms with E-state index in [1.807, 2.05) is 6.07 Å². The molecule has 102 valence electrons. The van der Waals surface area contributed by atoms with Crippen LogP contribution in [-0.4, -0.2) is 26.1 Å². The molecule has 1 unspecified atom stereocenters. The third kappa shape index (κ3) is 2.13. The Hall–Kier alpha value is -2.70. The van der Waals surface area contributed by atoms with Crippen LogP contribution in [0, 0.1) is 0 Å². The van der Waals surface area contributed by atoms with Gasteiger partial charge in [0.1, 0.15) is 17.9 Å². The highest BCUT2D eigenvalue weighted by Crippen LogP contribution is 2.22. The van der Waals surface area contributed by atoms with Crippen LogP contribution in [0.1, 0.15) is 6.92 Å². The number of fused-ring (bicyclic) bond motifs is 1. The summed E-state index contributed by atoms with van der Waals surface area (Å²) < 4.78 is 19.5. The van der Waals surface area contributed by atoms with Crippen molar-refractivity contribution >= 4 is 16.9 Å². The van der Waals surface area contributed by atoms with Crippen molar-refractivity contribution in [1.82, 2.24) is 19.7 Å². The van der Waals surface area contributed by atoms with E-state index in [9.17, 15) is 4.39 Å². The molecule has 0 saturated heterocycles. The number of anilines is 1. The van der Waals surface area contributed by atoms with E-state index >= 15 is 0 Å². The fraction of sp³-hybridized carbons (Fsp3) is 0.154. The van der Waals surface area contributed by atoms with Gasteiger partial charge in [-0.3, -0.25) is 0 Å². The molecule has 0 spiro atoms. The van der Waals surface area contributed by atoms with Crippen LogP contribution >= 0.6 is 0 Å². The summed E-state index contributed by atoms with van der Waals surface area (Å²) in [6, 6.07) is 6.93. The number of rotatable bonds is 3. The molecular formula is C13H12FN5O. The van der Waals surface area contributed by atoms with Crippen molar-refractivity contribution in [2.24, 2.45) is 0 Å². The predicted molar refractivity (Wildman–Crippen MR) is 72.3 cm³/mol. The normalized spacial score (nSPS) is 12.5. The predicted octanol–water partition coefficient (Wildman–Crippen LogP) is 2.09. The average Bonchev–Trinajstić information content (AvgIpc) is 2.83. The van der Waals surface area contributed by atoms with Gasteiger partial charge in [0, 0.05) is 13.0 Å². The number of halogens is 1. The van der Waals surface area contributed by atoms with Crippen LogP contribution in [0.4, 0.5) is 10.2 Å². The molecule has 2 N–H and O–H groups in total. The van der Waals surface area contributed by atoms with Crippen LogP contribution in [0.25, 0.3) is 16.7 Å². The number of nitrogen functional groups attached to an aromatic ring is 1. The summed E-state index contributed by atoms with van der Waals surface area (Å²) >= 11 is 0. The van der Waals surface area contributed by atoms with Crippen LogP contribution in [0.15, 0.2) is 36.8 Å². The lowest BCUT2D eigenvalue weighted by atomic mass is 10.3. The van der Waals surface area contributed by atoms with E-state index in [1.54, 1.807) is 29.1 Å². The second kappa shape index (κ2) is 4.76. The highest BCUT2D eigenvalue weighted by Gasteiger charge is 2.10. The maximum absolute atomic E-state index is 12.9. The molecule has 0 aliphatic rings. The smallest absolute Gasteiger partial charge is 0.235 e. The molecule has 1 aromatic carbocycles. The Kier molecular flexibility index (Phi) is 2.94. The number of nitrogens with zero attached hydrogens (tertiary/aromatic N) is 4. The molecule has 0 amide bonds. The number of nitrogens with two attached hydrogens (primary N) is 1. The van der Waals surface area contributed by atoms with Gasteiger partial charge in [0.15, 0.2) is 5.65 Å². The molecule has 3 rings (SSSR count). The molecule has 0 saturated carbocycles. The number of benzene rings is 1. The Bertz CT molecular complexity index is 755. The number of hydrogen-bond acceptors (Lipinski definition) is 5. The summed E-state index contributed by atoms with van der Waals surface area (Å²) in [5.74, 6) is 0.786. The molecule has 2 aromatic heterocycles. The van der Waals surface area contributed by atoms with E-state index in [4.69, 9.17) is 10.5 Å². The molecule has 7 heteroatoms. The number of ether oxygens (including phenoxy) is 1. The van der Waals surface area contributed by atoms with Crippen LogP contribution in [0.5, 0.6) is 5.75 Å². The number of aromatic nitrogens is 4. The number of alkyl halides is 1. The van der Waals surface area contributed by atoms with E-state index in [1.165, 1.54) is 13.3 Å². The minimum Gasteiger partial charge on any atom is -0.461 e. The lowest BCUT2D eigenvalue weighted by Gasteiger charge is -2.09. The van der Waals surface area contributed by atoms with Gasteiger partial charge in [-0.25, -0.2) is 19.0 Å². The zero-order chi connectivity index (χ0) is 14.1. The van der Waals surface area contributed by atoms with Crippen molar-refractivity contribution in [1.29, 1.82) is 0 Å². The van der Waals surface area contributed by atoms with Gasteiger partial charge >= 0.3 is 0 Å². The highest BCUT2D eigenvalue weighted by molar-refractivity contribution is 5.85. The summed E-state index contributed by atoms with van der Waals surface area (Å²) in [6.07, 6.45) is 1.59. The van der Waals surface area contributed by atoms with E-state index < -0.39 is 6.36 Å². The van der Waals surface area contributed by atoms with Crippen LogP contribution < -0.4 is 10.5 Å². The Morgan fingerprint density at radius 2 is 2.20 bits per heavy atom. The van der Waals surface area contributed by atoms with E-state index in [-0.39, 0.29) is 0 Å². The molecule has 0 bridgehead atoms. The summed E-state index contributed by atoms with van der Waals surface area (Å²) in [5, 5.41) is 4.90. The zero-order valence-electron chi connectivity index (χ0n) is 10.7. The van der Waals surface area contributed by atoms with Gasteiger partial charge in [0.05, 0.1) is 17.3 Å². The lowest BCUT2D eigenvalue weighted by Crippen LogP contribution is -2.05. The van der Waals surface area contributed by atoms with Gasteiger partial charge in [-0.2, -0.15) is 5.10 Å². The molecular weight excluding hydrogens is 261 g/mol. The minimum atomic E-state index is -1.38. The van der Waals surface area contributed by atoms with Gasteiger partial charge in [-0.05, 0) is 12.1 Å². The van der Waals surface area contributed by atoms with Gasteiger partial charge in [0.25, 0.3) is 0 Å². The quantitative estimate of drug-likeness (QED) is 0.790. The van der Waals surface area contributed by atoms with Gasteiger partial charge in [-0.15, -0.1) is 0 Å². The molecule has 0 aliphatic carbocycles. The van der Waals surface area contributed by atoms with Crippen molar-refractivity contribution in [3.63, 3.8) is 0 Å². The average molecular weight is 273 g/mol. The first-order valence-electron chi connectivity index (χ1n) is 6.00. The molecule has 3 aromatic rings. The van der Waals surface area contributed by atoms with Gasteiger partial charge in [0.2, 0.25) is 6.36 Å². The monoisotopic (exact) mass is 273 g/mol. The molecule has 6 nitrogen and oxygen atoms in total. The van der Waals surface area contributed by atoms with Crippen molar-refractivity contribution < 1.29 is 9.13 Å². The fourth-order valence-electron chi connectivity index (χ4n) is 1.93. The maximum atomic E-state index is 12.9. The lowest BCUT2D eigenvalue weighted by molar-refractivity contribution is 0.0860. The Balaban J connectivity index is 2.09. The zero-order valence-corrected chi connectivity index (χ0v) is 10.7. The topological polar surface area (TPSA) is 78.9 Å². The summed E-state index contributed by atoms with van der Waals surface area (Å²) in [7, 11) is 0. The molecule has 20 heavy (non-hydrogen) atoms. The molecule has 1 atom stereocenters. The van der Waals surface area contributed by atoms with Crippen LogP contribution in [0.3, 0.4) is 0 Å². The Morgan fingerprint density at radius 1 is 1.35 bits per heavy atom. The minimum absolute atomic E-state index is 0.367. The maximum Gasteiger partial charge on any atom is 0.235 e. The van der Waals surface area contributed by atoms with Crippen LogP contribution in [0.2, 0.25) is 0 Å². The van der Waals surface area contributed by atoms with Crippen molar-refractivity contribution in [3.8, 4) is 11.4 Å². The largest absolute Gasteiger partial charge is 0.461 e. The standard InChI is InChI=1S/C13H12FN5O/c1-8(14)20-10-4-2-3-9(5-10)19-13-11(6-18-19)12(15)16-7-17-13/h2-8H,1H3,(H2,15,16,17). The SMILES string of the molecule is CC(F)Oc1cccc(-n2ncc3c(N)ncnc32)c1. The molecule has 0 fully saturated rings. The van der Waals surface area contributed by atoms with E-state index in [0.29, 0.717) is 28.3 Å². The number of hydrogen-bond donors (Lipinski definition) is 1. The third-order valence-corrected chi connectivity index (χ3v) is 2.76. The van der Waals surface area contributed by atoms with Crippen molar-refractivity contribution in [3.05, 3.63) is 36.8 Å². The highest BCUT2D eigenvalue weighted by atomic mass is 19.1. The molecule has 2 heterocycles. The summed E-state index contributed by atoms with van der Waals surface area (Å²) in [4.78, 5) is 8.07. The first-order chi connectivity index (χ1) is 9.65. The van der Waals surface area contributed by atoms with Crippen molar-refractivity contribution in [2.45, 2.75) is 13.3 Å². The summed E-state index contributed by atoms with van der Waals surface area (Å²) in [5.41, 5.74) is 7.06. The summed E-state index contributed by atoms with van der Waals surface area (Å²) in [6.45, 7) is 1.32. The molecule has 0 aliphatic heterocycles.